The van der Waals surface area contributed by atoms with Gasteiger partial charge in [0.25, 0.3) is 0 Å². The number of rotatable bonds is 12. The average Bonchev–Trinajstić information content (AvgIpc) is 3.20. The lowest BCUT2D eigenvalue weighted by atomic mass is 10.0. The highest BCUT2D eigenvalue weighted by atomic mass is 19.1. The van der Waals surface area contributed by atoms with E-state index in [1.807, 2.05) is 12.1 Å². The molecule has 0 saturated carbocycles. The van der Waals surface area contributed by atoms with Gasteiger partial charge in [-0.05, 0) is 84.6 Å². The number of hydrogen-bond acceptors (Lipinski definition) is 9. The summed E-state index contributed by atoms with van der Waals surface area (Å²) < 4.78 is 31.4. The monoisotopic (exact) mass is 736 g/mol. The summed E-state index contributed by atoms with van der Waals surface area (Å²) in [6.07, 6.45) is 1.07. The van der Waals surface area contributed by atoms with Gasteiger partial charge in [-0.25, -0.2) is 28.3 Å². The van der Waals surface area contributed by atoms with Crippen LogP contribution in [0.2, 0.25) is 0 Å². The van der Waals surface area contributed by atoms with Crippen LogP contribution in [0.4, 0.5) is 20.4 Å². The molecule has 12 heteroatoms. The molecule has 2 heterocycles. The number of carbonyl (C=O) groups excluding carboxylic acids is 1. The molecule has 6 rings (SSSR count). The van der Waals surface area contributed by atoms with Crippen molar-refractivity contribution in [2.24, 2.45) is 0 Å². The van der Waals surface area contributed by atoms with Crippen LogP contribution in [0, 0.1) is 34.3 Å². The zero-order chi connectivity index (χ0) is 39.2. The van der Waals surface area contributed by atoms with Gasteiger partial charge >= 0.3 is 11.9 Å². The first kappa shape index (κ1) is 38.8. The van der Waals surface area contributed by atoms with Crippen LogP contribution in [-0.2, 0) is 17.6 Å². The van der Waals surface area contributed by atoms with Crippen LogP contribution in [0.15, 0.2) is 121 Å². The quantitative estimate of drug-likeness (QED) is 0.104. The minimum absolute atomic E-state index is 0.0347. The number of carboxylic acids is 1. The summed E-state index contributed by atoms with van der Waals surface area (Å²) in [5.74, 6) is -1.65. The molecule has 0 aliphatic carbocycles. The van der Waals surface area contributed by atoms with Gasteiger partial charge in [0.1, 0.15) is 34.4 Å². The first-order valence-electron chi connectivity index (χ1n) is 17.0. The highest BCUT2D eigenvalue weighted by Crippen LogP contribution is 2.27. The Hall–Kier alpha value is -7.44. The molecule has 10 nitrogen and oxygen atoms in total. The van der Waals surface area contributed by atoms with Crippen molar-refractivity contribution in [3.05, 3.63) is 166 Å². The van der Waals surface area contributed by atoms with E-state index in [4.69, 9.17) is 4.74 Å². The number of methoxy groups -OCH3 is 1. The zero-order valence-electron chi connectivity index (χ0n) is 29.6. The first-order chi connectivity index (χ1) is 26.7. The lowest BCUT2D eigenvalue weighted by Crippen LogP contribution is -2.13. The van der Waals surface area contributed by atoms with E-state index in [0.29, 0.717) is 71.0 Å². The van der Waals surface area contributed by atoms with Gasteiger partial charge in [0.15, 0.2) is 0 Å². The highest BCUT2D eigenvalue weighted by Gasteiger charge is 2.17. The number of benzene rings is 4. The second-order valence-electron chi connectivity index (χ2n) is 11.9. The van der Waals surface area contributed by atoms with Crippen LogP contribution < -0.4 is 10.6 Å². The number of ether oxygens (including phenoxy) is 1. The Morgan fingerprint density at radius 3 is 1.55 bits per heavy atom. The first-order valence-corrected chi connectivity index (χ1v) is 17.0. The number of aromatic nitrogens is 2. The van der Waals surface area contributed by atoms with E-state index in [2.05, 4.69) is 32.7 Å². The summed E-state index contributed by atoms with van der Waals surface area (Å²) >= 11 is 0. The van der Waals surface area contributed by atoms with E-state index in [-0.39, 0.29) is 23.0 Å². The number of aromatic carboxylic acids is 1. The fourth-order valence-electron chi connectivity index (χ4n) is 5.58. The molecular formula is C43H34F2N6O4. The van der Waals surface area contributed by atoms with Crippen LogP contribution in [0.5, 0.6) is 0 Å². The number of nitrogens with zero attached hydrogens (tertiary/aromatic N) is 4. The number of halogens is 2. The standard InChI is InChI=1S/C22H18FN3O2.C21H16FN3O2/c1-28-22(27)19-9-10-20(18-8-3-2-6-16(18)14-24)26-21(19)25-12-11-15-5-4-7-17(23)13-15;22-16-6-3-4-14(12-16)10-11-24-20-18(21(26)27)8-9-19(25-20)17-7-2-1-5-15(17)13-23/h2-10,13H,11-12H2,1H3,(H,25,26);1-9,12H,10-11H2,(H,24,25)(H,26,27). The van der Waals surface area contributed by atoms with Gasteiger partial charge < -0.3 is 20.5 Å². The number of carboxylic acid groups (broad SMARTS) is 1. The van der Waals surface area contributed by atoms with Crippen molar-refractivity contribution in [3.8, 4) is 34.7 Å². The van der Waals surface area contributed by atoms with E-state index in [9.17, 15) is 34.0 Å². The third-order valence-electron chi connectivity index (χ3n) is 8.26. The number of esters is 1. The molecule has 2 aromatic heterocycles. The van der Waals surface area contributed by atoms with Gasteiger partial charge in [-0.1, -0.05) is 60.7 Å². The number of hydrogen-bond donors (Lipinski definition) is 3. The zero-order valence-corrected chi connectivity index (χ0v) is 29.6. The molecule has 0 unspecified atom stereocenters. The fourth-order valence-corrected chi connectivity index (χ4v) is 5.58. The average molecular weight is 737 g/mol. The molecule has 0 bridgehead atoms. The van der Waals surface area contributed by atoms with Crippen molar-refractivity contribution < 1.29 is 28.2 Å². The third kappa shape index (κ3) is 10.3. The molecule has 6 aromatic rings. The highest BCUT2D eigenvalue weighted by molar-refractivity contribution is 5.95. The predicted molar refractivity (Wildman–Crippen MR) is 204 cm³/mol. The summed E-state index contributed by atoms with van der Waals surface area (Å²) in [5.41, 5.74) is 5.28. The van der Waals surface area contributed by atoms with Gasteiger partial charge in [-0.3, -0.25) is 0 Å². The van der Waals surface area contributed by atoms with Gasteiger partial charge in [0.2, 0.25) is 0 Å². The Morgan fingerprint density at radius 2 is 1.11 bits per heavy atom. The summed E-state index contributed by atoms with van der Waals surface area (Å²) in [4.78, 5) is 32.5. The fraction of sp³-hybridized carbons (Fsp3) is 0.116. The van der Waals surface area contributed by atoms with Crippen LogP contribution in [0.1, 0.15) is 43.0 Å². The van der Waals surface area contributed by atoms with Gasteiger partial charge in [-0.2, -0.15) is 10.5 Å². The van der Waals surface area contributed by atoms with Crippen LogP contribution in [0.25, 0.3) is 22.5 Å². The molecular weight excluding hydrogens is 703 g/mol. The smallest absolute Gasteiger partial charge is 0.341 e. The second kappa shape index (κ2) is 18.9. The minimum atomic E-state index is -1.10. The molecule has 274 valence electrons. The maximum Gasteiger partial charge on any atom is 0.341 e. The molecule has 3 N–H and O–H groups in total. The molecule has 55 heavy (non-hydrogen) atoms. The van der Waals surface area contributed by atoms with Crippen molar-refractivity contribution in [1.29, 1.82) is 10.5 Å². The summed E-state index contributed by atoms with van der Waals surface area (Å²) in [5, 5.41) is 34.1. The van der Waals surface area contributed by atoms with E-state index in [1.165, 1.54) is 37.4 Å². The van der Waals surface area contributed by atoms with Crippen molar-refractivity contribution in [1.82, 2.24) is 9.97 Å². The van der Waals surface area contributed by atoms with E-state index in [0.717, 1.165) is 11.1 Å². The van der Waals surface area contributed by atoms with Crippen molar-refractivity contribution in [2.75, 3.05) is 30.8 Å². The maximum atomic E-state index is 13.3. The Morgan fingerprint density at radius 1 is 0.655 bits per heavy atom. The topological polar surface area (TPSA) is 161 Å². The predicted octanol–water partition coefficient (Wildman–Crippen LogP) is 8.31. The molecule has 0 fully saturated rings. The second-order valence-corrected chi connectivity index (χ2v) is 11.9. The third-order valence-corrected chi connectivity index (χ3v) is 8.26. The molecule has 0 spiro atoms. The van der Waals surface area contributed by atoms with Crippen molar-refractivity contribution in [3.63, 3.8) is 0 Å². The van der Waals surface area contributed by atoms with E-state index in [1.54, 1.807) is 78.9 Å². The number of nitriles is 2. The SMILES string of the molecule is COC(=O)c1ccc(-c2ccccc2C#N)nc1NCCc1cccc(F)c1.N#Cc1ccccc1-c1ccc(C(=O)O)c(NCCc2cccc(F)c2)n1. The normalized spacial score (nSPS) is 10.2. The van der Waals surface area contributed by atoms with E-state index < -0.39 is 11.9 Å². The van der Waals surface area contributed by atoms with Crippen LogP contribution in [0.3, 0.4) is 0 Å². The number of carbonyl (C=O) groups is 2. The van der Waals surface area contributed by atoms with Crippen LogP contribution in [-0.4, -0.2) is 47.2 Å². The Bertz CT molecular complexity index is 2410. The number of nitrogens with one attached hydrogen (secondary N) is 2. The maximum absolute atomic E-state index is 13.3. The minimum Gasteiger partial charge on any atom is -0.478 e. The van der Waals surface area contributed by atoms with Crippen molar-refractivity contribution >= 4 is 23.6 Å². The lowest BCUT2D eigenvalue weighted by Gasteiger charge is -2.12. The van der Waals surface area contributed by atoms with Gasteiger partial charge in [0.05, 0.1) is 41.8 Å². The molecule has 0 atom stereocenters. The van der Waals surface area contributed by atoms with Gasteiger partial charge in [0, 0.05) is 24.2 Å². The Labute approximate surface area is 316 Å². The van der Waals surface area contributed by atoms with Gasteiger partial charge in [-0.15, -0.1) is 0 Å². The molecule has 0 radical (unpaired) electrons. The number of anilines is 2. The summed E-state index contributed by atoms with van der Waals surface area (Å²) in [6, 6.07) is 37.3. The summed E-state index contributed by atoms with van der Waals surface area (Å²) in [6.45, 7) is 0.837. The molecule has 4 aromatic carbocycles. The molecule has 0 saturated heterocycles. The Kier molecular flexibility index (Phi) is 13.3. The van der Waals surface area contributed by atoms with Crippen LogP contribution >= 0.6 is 0 Å². The summed E-state index contributed by atoms with van der Waals surface area (Å²) in [7, 11) is 1.30. The molecule has 0 amide bonds. The lowest BCUT2D eigenvalue weighted by molar-refractivity contribution is 0.0600. The molecule has 0 aliphatic heterocycles. The van der Waals surface area contributed by atoms with E-state index >= 15 is 0 Å². The van der Waals surface area contributed by atoms with Crippen molar-refractivity contribution in [2.45, 2.75) is 12.8 Å². The molecule has 0 aliphatic rings. The number of pyridine rings is 2. The largest absolute Gasteiger partial charge is 0.478 e. The Balaban J connectivity index is 0.000000211.